The minimum atomic E-state index is -1.23. The Morgan fingerprint density at radius 2 is 1.70 bits per heavy atom. The van der Waals surface area contributed by atoms with Crippen LogP contribution in [0.4, 0.5) is 4.79 Å². The van der Waals surface area contributed by atoms with Crippen LogP contribution in [0.25, 0.3) is 0 Å². The Morgan fingerprint density at radius 1 is 1.13 bits per heavy atom. The van der Waals surface area contributed by atoms with Crippen LogP contribution >= 0.6 is 0 Å². The molecule has 5 N–H and O–H groups in total. The van der Waals surface area contributed by atoms with E-state index in [0.717, 1.165) is 0 Å². The van der Waals surface area contributed by atoms with Crippen LogP contribution < -0.4 is 16.4 Å². The molecular weight excluding hydrogens is 306 g/mol. The molecular formula is C14H25N3O6. The normalized spacial score (nSPS) is 13.0. The molecule has 0 aromatic heterocycles. The van der Waals surface area contributed by atoms with Crippen molar-refractivity contribution < 1.29 is 29.0 Å². The number of hydrogen-bond acceptors (Lipinski definition) is 5. The summed E-state index contributed by atoms with van der Waals surface area (Å²) >= 11 is 0. The third-order valence-corrected chi connectivity index (χ3v) is 3.02. The summed E-state index contributed by atoms with van der Waals surface area (Å²) in [5.41, 5.74) is 4.98. The van der Waals surface area contributed by atoms with E-state index in [1.807, 2.05) is 13.8 Å². The number of carboxylic acids is 1. The van der Waals surface area contributed by atoms with E-state index in [2.05, 4.69) is 15.4 Å². The Morgan fingerprint density at radius 3 is 2.13 bits per heavy atom. The molecule has 0 heterocycles. The molecule has 0 saturated carbocycles. The maximum Gasteiger partial charge on any atom is 0.328 e. The van der Waals surface area contributed by atoms with Crippen LogP contribution in [0.1, 0.15) is 39.5 Å². The molecule has 132 valence electrons. The van der Waals surface area contributed by atoms with Crippen molar-refractivity contribution in [3.05, 3.63) is 0 Å². The fraction of sp³-hybridized carbons (Fsp3) is 0.714. The van der Waals surface area contributed by atoms with E-state index in [-0.39, 0.29) is 25.2 Å². The number of esters is 1. The molecule has 3 amide bonds. The summed E-state index contributed by atoms with van der Waals surface area (Å²) in [6.45, 7) is 3.75. The van der Waals surface area contributed by atoms with Gasteiger partial charge in [-0.3, -0.25) is 4.79 Å². The zero-order valence-electron chi connectivity index (χ0n) is 13.6. The average Bonchev–Trinajstić information content (AvgIpc) is 2.43. The van der Waals surface area contributed by atoms with E-state index in [4.69, 9.17) is 10.8 Å². The molecule has 0 spiro atoms. The van der Waals surface area contributed by atoms with Crippen molar-refractivity contribution in [3.63, 3.8) is 0 Å². The van der Waals surface area contributed by atoms with Gasteiger partial charge in [-0.2, -0.15) is 0 Å². The van der Waals surface area contributed by atoms with Gasteiger partial charge in [0.25, 0.3) is 0 Å². The van der Waals surface area contributed by atoms with Crippen LogP contribution in [0, 0.1) is 5.92 Å². The van der Waals surface area contributed by atoms with Crippen molar-refractivity contribution in [1.29, 1.82) is 0 Å². The standard InChI is InChI=1S/C14H25N3O6/c1-8(2)7-10(13(21)23-3)17-14(22)16-9(12(19)20)5-4-6-11(15)18/h8-10H,4-7H2,1-3H3,(H2,15,18)(H,19,20)(H2,16,17,22)/t9-,10-/m0/s1. The van der Waals surface area contributed by atoms with E-state index in [0.29, 0.717) is 6.42 Å². The highest BCUT2D eigenvalue weighted by Crippen LogP contribution is 2.07. The van der Waals surface area contributed by atoms with Crippen molar-refractivity contribution in [2.45, 2.75) is 51.6 Å². The molecule has 0 saturated heterocycles. The lowest BCUT2D eigenvalue weighted by Crippen LogP contribution is -2.51. The Labute approximate surface area is 134 Å². The van der Waals surface area contributed by atoms with Crippen LogP contribution in [-0.2, 0) is 19.1 Å². The number of primary amides is 1. The first kappa shape index (κ1) is 20.7. The first-order valence-electron chi connectivity index (χ1n) is 7.33. The number of rotatable bonds is 10. The van der Waals surface area contributed by atoms with Crippen LogP contribution in [0.3, 0.4) is 0 Å². The number of carbonyl (C=O) groups is 4. The molecule has 0 bridgehead atoms. The lowest BCUT2D eigenvalue weighted by atomic mass is 10.0. The third-order valence-electron chi connectivity index (χ3n) is 3.02. The molecule has 0 unspecified atom stereocenters. The number of hydrogen-bond donors (Lipinski definition) is 4. The van der Waals surface area contributed by atoms with Gasteiger partial charge in [-0.05, 0) is 25.2 Å². The summed E-state index contributed by atoms with van der Waals surface area (Å²) in [7, 11) is 1.21. The van der Waals surface area contributed by atoms with E-state index < -0.39 is 36.0 Å². The summed E-state index contributed by atoms with van der Waals surface area (Å²) in [5, 5.41) is 13.7. The SMILES string of the molecule is COC(=O)[C@H](CC(C)C)NC(=O)N[C@@H](CCCC(N)=O)C(=O)O. The molecule has 0 aliphatic rings. The second kappa shape index (κ2) is 10.4. The summed E-state index contributed by atoms with van der Waals surface area (Å²) in [6.07, 6.45) is 0.683. The van der Waals surface area contributed by atoms with Gasteiger partial charge in [0.15, 0.2) is 0 Å². The first-order valence-corrected chi connectivity index (χ1v) is 7.33. The highest BCUT2D eigenvalue weighted by Gasteiger charge is 2.25. The van der Waals surface area contributed by atoms with Crippen LogP contribution in [0.5, 0.6) is 0 Å². The highest BCUT2D eigenvalue weighted by atomic mass is 16.5. The van der Waals surface area contributed by atoms with Gasteiger partial charge in [0.1, 0.15) is 12.1 Å². The third kappa shape index (κ3) is 9.33. The predicted molar refractivity (Wildman–Crippen MR) is 81.4 cm³/mol. The van der Waals surface area contributed by atoms with E-state index in [1.54, 1.807) is 0 Å². The van der Waals surface area contributed by atoms with Crippen LogP contribution in [0.15, 0.2) is 0 Å². The summed E-state index contributed by atoms with van der Waals surface area (Å²) in [6, 6.07) is -2.82. The second-order valence-corrected chi connectivity index (χ2v) is 5.57. The number of urea groups is 1. The van der Waals surface area contributed by atoms with Crippen LogP contribution in [0.2, 0.25) is 0 Å². The molecule has 0 aliphatic carbocycles. The maximum atomic E-state index is 11.9. The lowest BCUT2D eigenvalue weighted by molar-refractivity contribution is -0.143. The Balaban J connectivity index is 4.61. The zero-order valence-corrected chi connectivity index (χ0v) is 13.6. The fourth-order valence-electron chi connectivity index (χ4n) is 1.92. The lowest BCUT2D eigenvalue weighted by Gasteiger charge is -2.20. The number of methoxy groups -OCH3 is 1. The minimum absolute atomic E-state index is 0.0330. The number of nitrogens with two attached hydrogens (primary N) is 1. The molecule has 0 aromatic rings. The van der Waals surface area contributed by atoms with E-state index in [1.165, 1.54) is 7.11 Å². The van der Waals surface area contributed by atoms with E-state index >= 15 is 0 Å². The van der Waals surface area contributed by atoms with Gasteiger partial charge < -0.3 is 26.2 Å². The zero-order chi connectivity index (χ0) is 18.0. The Kier molecular flexibility index (Phi) is 9.36. The van der Waals surface area contributed by atoms with Gasteiger partial charge >= 0.3 is 18.0 Å². The smallest absolute Gasteiger partial charge is 0.328 e. The Hall–Kier alpha value is -2.32. The molecule has 23 heavy (non-hydrogen) atoms. The van der Waals surface area contributed by atoms with Gasteiger partial charge in [0.05, 0.1) is 7.11 Å². The molecule has 0 aromatic carbocycles. The maximum absolute atomic E-state index is 11.9. The largest absolute Gasteiger partial charge is 0.480 e. The number of carboxylic acid groups (broad SMARTS) is 1. The van der Waals surface area contributed by atoms with Gasteiger partial charge in [-0.25, -0.2) is 14.4 Å². The first-order chi connectivity index (χ1) is 10.7. The molecule has 0 radical (unpaired) electrons. The summed E-state index contributed by atoms with van der Waals surface area (Å²) in [4.78, 5) is 45.3. The highest BCUT2D eigenvalue weighted by molar-refractivity contribution is 5.86. The number of ether oxygens (including phenoxy) is 1. The minimum Gasteiger partial charge on any atom is -0.480 e. The second-order valence-electron chi connectivity index (χ2n) is 5.57. The van der Waals surface area contributed by atoms with Gasteiger partial charge in [-0.15, -0.1) is 0 Å². The number of aliphatic carboxylic acids is 1. The Bertz CT molecular complexity index is 438. The predicted octanol–water partition coefficient (Wildman–Crippen LogP) is -0.0179. The van der Waals surface area contributed by atoms with Gasteiger partial charge in [0, 0.05) is 6.42 Å². The number of nitrogens with one attached hydrogen (secondary N) is 2. The van der Waals surface area contributed by atoms with Gasteiger partial charge in [0.2, 0.25) is 5.91 Å². The van der Waals surface area contributed by atoms with Crippen LogP contribution in [-0.4, -0.2) is 48.2 Å². The molecule has 9 heteroatoms. The monoisotopic (exact) mass is 331 g/mol. The molecule has 0 fully saturated rings. The average molecular weight is 331 g/mol. The van der Waals surface area contributed by atoms with Crippen molar-refractivity contribution >= 4 is 23.9 Å². The quantitative estimate of drug-likeness (QED) is 0.414. The number of amides is 3. The summed E-state index contributed by atoms with van der Waals surface area (Å²) in [5.74, 6) is -2.25. The number of carbonyl (C=O) groups excluding carboxylic acids is 3. The van der Waals surface area contributed by atoms with Crippen molar-refractivity contribution in [2.24, 2.45) is 11.7 Å². The topological polar surface area (TPSA) is 148 Å². The molecule has 2 atom stereocenters. The van der Waals surface area contributed by atoms with Crippen molar-refractivity contribution in [1.82, 2.24) is 10.6 Å². The molecule has 0 rings (SSSR count). The van der Waals surface area contributed by atoms with Crippen molar-refractivity contribution in [3.8, 4) is 0 Å². The van der Waals surface area contributed by atoms with E-state index in [9.17, 15) is 19.2 Å². The summed E-state index contributed by atoms with van der Waals surface area (Å²) < 4.78 is 4.61. The fourth-order valence-corrected chi connectivity index (χ4v) is 1.92. The van der Waals surface area contributed by atoms with Gasteiger partial charge in [-0.1, -0.05) is 13.8 Å². The molecule has 9 nitrogen and oxygen atoms in total. The van der Waals surface area contributed by atoms with Crippen molar-refractivity contribution in [2.75, 3.05) is 7.11 Å². The molecule has 0 aliphatic heterocycles.